The van der Waals surface area contributed by atoms with E-state index in [1.807, 2.05) is 6.07 Å². The van der Waals surface area contributed by atoms with E-state index >= 15 is 0 Å². The molecule has 0 radical (unpaired) electrons. The van der Waals surface area contributed by atoms with Crippen molar-refractivity contribution in [3.63, 3.8) is 0 Å². The molecule has 1 saturated carbocycles. The molecule has 1 aliphatic carbocycles. The number of anilines is 1. The largest absolute Gasteiger partial charge is 0.383 e. The fraction of sp³-hybridized carbons (Fsp3) is 0.667. The Balaban J connectivity index is 2.20. The van der Waals surface area contributed by atoms with Crippen molar-refractivity contribution in [2.24, 2.45) is 5.92 Å². The van der Waals surface area contributed by atoms with Crippen LogP contribution >= 0.6 is 0 Å². The maximum Gasteiger partial charge on any atom is 0.128 e. The van der Waals surface area contributed by atoms with Crippen molar-refractivity contribution in [3.8, 4) is 0 Å². The molecule has 0 aliphatic heterocycles. The molecule has 0 amide bonds. The molecule has 2 atom stereocenters. The Bertz CT molecular complexity index is 393. The van der Waals surface area contributed by atoms with Gasteiger partial charge < -0.3 is 15.8 Å². The summed E-state index contributed by atoms with van der Waals surface area (Å²) in [5.41, 5.74) is 7.11. The molecule has 4 nitrogen and oxygen atoms in total. The number of rotatable bonds is 8. The smallest absolute Gasteiger partial charge is 0.128 e. The second-order valence-corrected chi connectivity index (χ2v) is 5.17. The number of ether oxygens (including phenoxy) is 1. The van der Waals surface area contributed by atoms with Crippen molar-refractivity contribution in [1.82, 2.24) is 10.3 Å². The lowest BCUT2D eigenvalue weighted by molar-refractivity contribution is 0.0187. The minimum atomic E-state index is 0.154. The van der Waals surface area contributed by atoms with Crippen LogP contribution in [-0.4, -0.2) is 24.2 Å². The van der Waals surface area contributed by atoms with E-state index in [1.54, 1.807) is 6.20 Å². The number of nitrogens with zero attached hydrogens (tertiary/aromatic N) is 1. The lowest BCUT2D eigenvalue weighted by atomic mass is 9.98. The zero-order valence-corrected chi connectivity index (χ0v) is 11.9. The molecular weight excluding hydrogens is 238 g/mol. The summed E-state index contributed by atoms with van der Waals surface area (Å²) in [5, 5.41) is 3.59. The Morgan fingerprint density at radius 1 is 1.47 bits per heavy atom. The first-order valence-electron chi connectivity index (χ1n) is 7.33. The predicted molar refractivity (Wildman–Crippen MR) is 77.8 cm³/mol. The third kappa shape index (κ3) is 3.67. The fourth-order valence-electron chi connectivity index (χ4n) is 2.52. The molecular formula is C15H25N3O. The van der Waals surface area contributed by atoms with Gasteiger partial charge in [0.15, 0.2) is 0 Å². The Labute approximate surface area is 115 Å². The maximum atomic E-state index is 6.04. The molecule has 1 fully saturated rings. The first-order chi connectivity index (χ1) is 9.27. The van der Waals surface area contributed by atoms with Crippen molar-refractivity contribution >= 4 is 5.82 Å². The molecule has 1 aromatic heterocycles. The van der Waals surface area contributed by atoms with Gasteiger partial charge in [-0.15, -0.1) is 0 Å². The Hall–Kier alpha value is -1.13. The van der Waals surface area contributed by atoms with Crippen LogP contribution in [0.3, 0.4) is 0 Å². The second-order valence-electron chi connectivity index (χ2n) is 5.17. The molecule has 1 aromatic rings. The summed E-state index contributed by atoms with van der Waals surface area (Å²) in [4.78, 5) is 4.21. The van der Waals surface area contributed by atoms with Crippen LogP contribution in [0, 0.1) is 5.92 Å². The third-order valence-corrected chi connectivity index (χ3v) is 3.59. The molecule has 106 valence electrons. The van der Waals surface area contributed by atoms with Gasteiger partial charge in [-0.25, -0.2) is 4.98 Å². The van der Waals surface area contributed by atoms with Gasteiger partial charge in [0.05, 0.1) is 12.1 Å². The normalized spacial score (nSPS) is 18.2. The van der Waals surface area contributed by atoms with Crippen LogP contribution in [0.15, 0.2) is 18.3 Å². The van der Waals surface area contributed by atoms with E-state index in [1.165, 1.54) is 12.8 Å². The van der Waals surface area contributed by atoms with Crippen LogP contribution in [0.1, 0.15) is 44.7 Å². The Morgan fingerprint density at radius 3 is 2.84 bits per heavy atom. The Morgan fingerprint density at radius 2 is 2.26 bits per heavy atom. The molecule has 1 aliphatic rings. The predicted octanol–water partition coefficient (Wildman–Crippen LogP) is 2.52. The van der Waals surface area contributed by atoms with Gasteiger partial charge in [-0.3, -0.25) is 0 Å². The van der Waals surface area contributed by atoms with Crippen LogP contribution in [0.4, 0.5) is 5.82 Å². The molecule has 4 heteroatoms. The molecule has 19 heavy (non-hydrogen) atoms. The van der Waals surface area contributed by atoms with Gasteiger partial charge in [0.25, 0.3) is 0 Å². The number of nitrogen functional groups attached to an aromatic ring is 1. The third-order valence-electron chi connectivity index (χ3n) is 3.59. The summed E-state index contributed by atoms with van der Waals surface area (Å²) in [7, 11) is 0. The van der Waals surface area contributed by atoms with Crippen molar-refractivity contribution in [1.29, 1.82) is 0 Å². The lowest BCUT2D eigenvalue weighted by Crippen LogP contribution is -2.36. The van der Waals surface area contributed by atoms with Gasteiger partial charge in [-0.1, -0.05) is 13.0 Å². The summed E-state index contributed by atoms with van der Waals surface area (Å²) in [5.74, 6) is 1.27. The first-order valence-corrected chi connectivity index (χ1v) is 7.33. The average molecular weight is 263 g/mol. The average Bonchev–Trinajstić information content (AvgIpc) is 3.24. The van der Waals surface area contributed by atoms with Crippen LogP contribution < -0.4 is 11.1 Å². The molecule has 0 saturated heterocycles. The van der Waals surface area contributed by atoms with E-state index in [9.17, 15) is 0 Å². The number of hydrogen-bond acceptors (Lipinski definition) is 4. The summed E-state index contributed by atoms with van der Waals surface area (Å²) in [6.45, 7) is 5.93. The molecule has 0 aromatic carbocycles. The van der Waals surface area contributed by atoms with E-state index in [-0.39, 0.29) is 12.1 Å². The number of nitrogens with one attached hydrogen (secondary N) is 1. The minimum Gasteiger partial charge on any atom is -0.383 e. The number of aromatic nitrogens is 1. The van der Waals surface area contributed by atoms with Gasteiger partial charge in [0, 0.05) is 18.4 Å². The molecule has 2 rings (SSSR count). The highest BCUT2D eigenvalue weighted by Crippen LogP contribution is 2.40. The molecule has 0 spiro atoms. The summed E-state index contributed by atoms with van der Waals surface area (Å²) >= 11 is 0. The van der Waals surface area contributed by atoms with Gasteiger partial charge >= 0.3 is 0 Å². The second kappa shape index (κ2) is 6.87. The summed E-state index contributed by atoms with van der Waals surface area (Å²) in [6.07, 6.45) is 5.57. The van der Waals surface area contributed by atoms with Gasteiger partial charge in [0.1, 0.15) is 5.82 Å². The zero-order chi connectivity index (χ0) is 13.7. The van der Waals surface area contributed by atoms with Gasteiger partial charge in [-0.05, 0) is 44.7 Å². The van der Waals surface area contributed by atoms with Crippen molar-refractivity contribution in [3.05, 3.63) is 23.9 Å². The van der Waals surface area contributed by atoms with Crippen molar-refractivity contribution in [2.45, 2.75) is 45.3 Å². The minimum absolute atomic E-state index is 0.154. The van der Waals surface area contributed by atoms with E-state index < -0.39 is 0 Å². The van der Waals surface area contributed by atoms with Crippen molar-refractivity contribution in [2.75, 3.05) is 18.9 Å². The summed E-state index contributed by atoms with van der Waals surface area (Å²) in [6, 6.07) is 4.16. The van der Waals surface area contributed by atoms with Gasteiger partial charge in [0.2, 0.25) is 0 Å². The standard InChI is InChI=1S/C15H25N3O/c1-3-9-17-13(12-6-5-10-18-15(12)16)14(19-4-2)11-7-8-11/h5-6,10-11,13-14,17H,3-4,7-9H2,1-2H3,(H2,16,18). The number of pyridine rings is 1. The quantitative estimate of drug-likeness (QED) is 0.756. The fourth-order valence-corrected chi connectivity index (χ4v) is 2.52. The first kappa shape index (κ1) is 14.3. The summed E-state index contributed by atoms with van der Waals surface area (Å²) < 4.78 is 5.99. The number of hydrogen-bond donors (Lipinski definition) is 2. The monoisotopic (exact) mass is 263 g/mol. The van der Waals surface area contributed by atoms with E-state index in [0.29, 0.717) is 11.7 Å². The van der Waals surface area contributed by atoms with Gasteiger partial charge in [-0.2, -0.15) is 0 Å². The highest BCUT2D eigenvalue weighted by atomic mass is 16.5. The molecule has 3 N–H and O–H groups in total. The Kier molecular flexibility index (Phi) is 5.16. The van der Waals surface area contributed by atoms with E-state index in [2.05, 4.69) is 30.2 Å². The topological polar surface area (TPSA) is 60.2 Å². The molecule has 2 unspecified atom stereocenters. The molecule has 1 heterocycles. The maximum absolute atomic E-state index is 6.04. The van der Waals surface area contributed by atoms with Crippen LogP contribution in [0.2, 0.25) is 0 Å². The zero-order valence-electron chi connectivity index (χ0n) is 11.9. The van der Waals surface area contributed by atoms with E-state index in [4.69, 9.17) is 10.5 Å². The molecule has 0 bridgehead atoms. The van der Waals surface area contributed by atoms with Crippen LogP contribution in [0.25, 0.3) is 0 Å². The van der Waals surface area contributed by atoms with Crippen LogP contribution in [0.5, 0.6) is 0 Å². The van der Waals surface area contributed by atoms with Crippen LogP contribution in [-0.2, 0) is 4.74 Å². The number of nitrogens with two attached hydrogens (primary N) is 1. The lowest BCUT2D eigenvalue weighted by Gasteiger charge is -2.29. The van der Waals surface area contributed by atoms with E-state index in [0.717, 1.165) is 25.1 Å². The highest BCUT2D eigenvalue weighted by molar-refractivity contribution is 5.41. The van der Waals surface area contributed by atoms with Crippen molar-refractivity contribution < 1.29 is 4.74 Å². The highest BCUT2D eigenvalue weighted by Gasteiger charge is 2.38. The SMILES string of the molecule is CCCNC(c1cccnc1N)C(OCC)C1CC1.